The summed E-state index contributed by atoms with van der Waals surface area (Å²) < 4.78 is 16.0. The number of nitrogens with zero attached hydrogens (tertiary/aromatic N) is 3. The van der Waals surface area contributed by atoms with Crippen LogP contribution in [0.4, 0.5) is 4.79 Å². The first-order chi connectivity index (χ1) is 12.1. The highest BCUT2D eigenvalue weighted by molar-refractivity contribution is 7.99. The molecule has 2 heterocycles. The van der Waals surface area contributed by atoms with Gasteiger partial charge in [0, 0.05) is 19.2 Å². The summed E-state index contributed by atoms with van der Waals surface area (Å²) in [5, 5.41) is 10.7. The molecule has 1 aliphatic heterocycles. The number of benzene rings is 1. The van der Waals surface area contributed by atoms with Crippen LogP contribution in [0, 0.1) is 0 Å². The van der Waals surface area contributed by atoms with E-state index in [1.165, 1.54) is 7.11 Å². The first-order valence-electron chi connectivity index (χ1n) is 7.39. The van der Waals surface area contributed by atoms with E-state index in [-0.39, 0.29) is 28.8 Å². The minimum atomic E-state index is -0.375. The van der Waals surface area contributed by atoms with Crippen molar-refractivity contribution in [3.63, 3.8) is 0 Å². The molecule has 10 heteroatoms. The summed E-state index contributed by atoms with van der Waals surface area (Å²) in [6.45, 7) is 0.841. The van der Waals surface area contributed by atoms with Gasteiger partial charge in [-0.2, -0.15) is 0 Å². The maximum atomic E-state index is 12.0. The third-order valence-corrected chi connectivity index (χ3v) is 4.33. The molecule has 0 bridgehead atoms. The molecule has 1 aromatic heterocycles. The van der Waals surface area contributed by atoms with Gasteiger partial charge >= 0.3 is 6.03 Å². The topological polar surface area (TPSA) is 107 Å². The first-order valence-corrected chi connectivity index (χ1v) is 8.38. The number of thioether (sulfide) groups is 1. The molecule has 0 spiro atoms. The minimum absolute atomic E-state index is 0.0365. The molecule has 1 fully saturated rings. The Morgan fingerprint density at radius 1 is 1.36 bits per heavy atom. The molecule has 9 nitrogen and oxygen atoms in total. The summed E-state index contributed by atoms with van der Waals surface area (Å²) in [6.07, 6.45) is 0. The van der Waals surface area contributed by atoms with Crippen molar-refractivity contribution in [2.75, 3.05) is 33.1 Å². The molecule has 25 heavy (non-hydrogen) atoms. The summed E-state index contributed by atoms with van der Waals surface area (Å²) in [6, 6.07) is 4.84. The number of rotatable bonds is 6. The van der Waals surface area contributed by atoms with Gasteiger partial charge in [-0.1, -0.05) is 11.8 Å². The van der Waals surface area contributed by atoms with E-state index in [2.05, 4.69) is 15.5 Å². The number of aromatic nitrogens is 2. The molecular formula is C15H16N4O5S. The van der Waals surface area contributed by atoms with Gasteiger partial charge in [-0.25, -0.2) is 4.79 Å². The molecule has 0 atom stereocenters. The number of ether oxygens (including phenoxy) is 2. The molecule has 1 aromatic carbocycles. The predicted octanol–water partition coefficient (Wildman–Crippen LogP) is 1.40. The van der Waals surface area contributed by atoms with E-state index in [1.54, 1.807) is 25.3 Å². The standard InChI is InChI=1S/C15H16N4O5S/c1-22-9-3-4-10(11(7-9)23-2)13-17-18-15(24-13)25-8-12(20)19-6-5-16-14(19)21/h3-4,7H,5-6,8H2,1-2H3,(H,16,21). The van der Waals surface area contributed by atoms with E-state index < -0.39 is 0 Å². The minimum Gasteiger partial charge on any atom is -0.497 e. The van der Waals surface area contributed by atoms with Crippen LogP contribution in [-0.2, 0) is 4.79 Å². The molecule has 3 amide bonds. The van der Waals surface area contributed by atoms with Gasteiger partial charge in [0.1, 0.15) is 11.5 Å². The molecule has 0 saturated carbocycles. The van der Waals surface area contributed by atoms with E-state index in [1.807, 2.05) is 0 Å². The Balaban J connectivity index is 1.68. The van der Waals surface area contributed by atoms with E-state index in [0.29, 0.717) is 30.2 Å². The van der Waals surface area contributed by atoms with Crippen molar-refractivity contribution in [1.82, 2.24) is 20.4 Å². The predicted molar refractivity (Wildman–Crippen MR) is 88.7 cm³/mol. The SMILES string of the molecule is COc1ccc(-c2nnc(SCC(=O)N3CCNC3=O)o2)c(OC)c1. The molecule has 3 rings (SSSR count). The van der Waals surface area contributed by atoms with Gasteiger partial charge < -0.3 is 19.2 Å². The molecule has 0 radical (unpaired) electrons. The quantitative estimate of drug-likeness (QED) is 0.767. The summed E-state index contributed by atoms with van der Waals surface area (Å²) >= 11 is 1.08. The Bertz CT molecular complexity index is 794. The van der Waals surface area contributed by atoms with Crippen LogP contribution in [0.5, 0.6) is 11.5 Å². The van der Waals surface area contributed by atoms with E-state index in [0.717, 1.165) is 16.7 Å². The average molecular weight is 364 g/mol. The molecule has 2 aromatic rings. The molecule has 1 saturated heterocycles. The van der Waals surface area contributed by atoms with Crippen LogP contribution in [0.2, 0.25) is 0 Å². The fourth-order valence-electron chi connectivity index (χ4n) is 2.26. The van der Waals surface area contributed by atoms with E-state index in [4.69, 9.17) is 13.9 Å². The summed E-state index contributed by atoms with van der Waals surface area (Å²) in [5.74, 6) is 1.18. The van der Waals surface area contributed by atoms with Crippen LogP contribution in [0.15, 0.2) is 27.8 Å². The number of amides is 3. The van der Waals surface area contributed by atoms with Crippen molar-refractivity contribution in [2.24, 2.45) is 0 Å². The average Bonchev–Trinajstić information content (AvgIpc) is 3.28. The highest BCUT2D eigenvalue weighted by atomic mass is 32.2. The third kappa shape index (κ3) is 3.68. The van der Waals surface area contributed by atoms with Crippen molar-refractivity contribution in [1.29, 1.82) is 0 Å². The molecular weight excluding hydrogens is 348 g/mol. The molecule has 0 unspecified atom stereocenters. The Labute approximate surface area is 147 Å². The number of hydrogen-bond donors (Lipinski definition) is 1. The monoisotopic (exact) mass is 364 g/mol. The fourth-order valence-corrected chi connectivity index (χ4v) is 2.90. The summed E-state index contributed by atoms with van der Waals surface area (Å²) in [7, 11) is 3.09. The number of hydrogen-bond acceptors (Lipinski definition) is 8. The molecule has 132 valence electrons. The lowest BCUT2D eigenvalue weighted by molar-refractivity contribution is -0.124. The summed E-state index contributed by atoms with van der Waals surface area (Å²) in [5.41, 5.74) is 0.618. The number of carbonyl (C=O) groups excluding carboxylic acids is 2. The highest BCUT2D eigenvalue weighted by Gasteiger charge is 2.26. The number of urea groups is 1. The van der Waals surface area contributed by atoms with Crippen molar-refractivity contribution < 1.29 is 23.5 Å². The van der Waals surface area contributed by atoms with Gasteiger partial charge in [0.15, 0.2) is 0 Å². The number of nitrogens with one attached hydrogen (secondary N) is 1. The van der Waals surface area contributed by atoms with E-state index in [9.17, 15) is 9.59 Å². The number of imide groups is 1. The van der Waals surface area contributed by atoms with Gasteiger partial charge in [0.05, 0.1) is 25.5 Å². The molecule has 1 aliphatic rings. The maximum absolute atomic E-state index is 12.0. The van der Waals surface area contributed by atoms with Gasteiger partial charge in [0.25, 0.3) is 11.1 Å². The first kappa shape index (κ1) is 17.1. The lowest BCUT2D eigenvalue weighted by Crippen LogP contribution is -2.35. The Kier molecular flexibility index (Phi) is 5.08. The van der Waals surface area contributed by atoms with Crippen LogP contribution >= 0.6 is 11.8 Å². The summed E-state index contributed by atoms with van der Waals surface area (Å²) in [4.78, 5) is 24.6. The van der Waals surface area contributed by atoms with Crippen molar-refractivity contribution in [2.45, 2.75) is 5.22 Å². The smallest absolute Gasteiger partial charge is 0.324 e. The van der Waals surface area contributed by atoms with Crippen LogP contribution in [0.1, 0.15) is 0 Å². The molecule has 0 aliphatic carbocycles. The highest BCUT2D eigenvalue weighted by Crippen LogP contribution is 2.33. The zero-order valence-corrected chi connectivity index (χ0v) is 14.5. The van der Waals surface area contributed by atoms with Crippen molar-refractivity contribution in [3.8, 4) is 23.0 Å². The number of methoxy groups -OCH3 is 2. The Morgan fingerprint density at radius 3 is 2.88 bits per heavy atom. The van der Waals surface area contributed by atoms with Crippen molar-refractivity contribution >= 4 is 23.7 Å². The fraction of sp³-hybridized carbons (Fsp3) is 0.333. The lowest BCUT2D eigenvalue weighted by Gasteiger charge is -2.10. The third-order valence-electron chi connectivity index (χ3n) is 3.52. The van der Waals surface area contributed by atoms with Gasteiger partial charge in [-0.3, -0.25) is 9.69 Å². The zero-order chi connectivity index (χ0) is 17.8. The second kappa shape index (κ2) is 7.43. The zero-order valence-electron chi connectivity index (χ0n) is 13.6. The Hall–Kier alpha value is -2.75. The molecule has 1 N–H and O–H groups in total. The van der Waals surface area contributed by atoms with Crippen molar-refractivity contribution in [3.05, 3.63) is 18.2 Å². The van der Waals surface area contributed by atoms with Crippen LogP contribution < -0.4 is 14.8 Å². The normalized spacial score (nSPS) is 13.7. The Morgan fingerprint density at radius 2 is 2.20 bits per heavy atom. The van der Waals surface area contributed by atoms with Crippen LogP contribution in [0.3, 0.4) is 0 Å². The van der Waals surface area contributed by atoms with Gasteiger partial charge in [0.2, 0.25) is 5.91 Å². The second-order valence-electron chi connectivity index (χ2n) is 5.01. The second-order valence-corrected chi connectivity index (χ2v) is 5.93. The van der Waals surface area contributed by atoms with Gasteiger partial charge in [-0.05, 0) is 12.1 Å². The number of carbonyl (C=O) groups is 2. The maximum Gasteiger partial charge on any atom is 0.324 e. The van der Waals surface area contributed by atoms with Gasteiger partial charge in [-0.15, -0.1) is 10.2 Å². The lowest BCUT2D eigenvalue weighted by atomic mass is 10.2. The van der Waals surface area contributed by atoms with Crippen LogP contribution in [0.25, 0.3) is 11.5 Å². The van der Waals surface area contributed by atoms with E-state index >= 15 is 0 Å². The van der Waals surface area contributed by atoms with Crippen LogP contribution in [-0.4, -0.2) is 60.1 Å². The largest absolute Gasteiger partial charge is 0.497 e.